The molecule has 5 heteroatoms. The summed E-state index contributed by atoms with van der Waals surface area (Å²) in [4.78, 5) is 15.2. The minimum atomic E-state index is 0.0807. The lowest BCUT2D eigenvalue weighted by Crippen LogP contribution is -3.28. The number of piperazine rings is 1. The molecule has 116 valence electrons. The largest absolute Gasteiger partial charge is 0.497 e. The van der Waals surface area contributed by atoms with Crippen LogP contribution in [0.1, 0.15) is 13.3 Å². The molecule has 1 aromatic carbocycles. The van der Waals surface area contributed by atoms with Gasteiger partial charge in [-0.1, -0.05) is 13.0 Å². The predicted octanol–water partition coefficient (Wildman–Crippen LogP) is -1.17. The van der Waals surface area contributed by atoms with Crippen LogP contribution in [0.5, 0.6) is 5.75 Å². The van der Waals surface area contributed by atoms with E-state index in [-0.39, 0.29) is 5.91 Å². The van der Waals surface area contributed by atoms with E-state index in [4.69, 9.17) is 4.74 Å². The number of quaternary nitrogens is 2. The molecule has 0 bridgehead atoms. The molecule has 0 saturated carbocycles. The van der Waals surface area contributed by atoms with Gasteiger partial charge in [-0.25, -0.2) is 0 Å². The summed E-state index contributed by atoms with van der Waals surface area (Å²) in [5.41, 5.74) is 0.800. The Morgan fingerprint density at radius 3 is 2.62 bits per heavy atom. The van der Waals surface area contributed by atoms with Crippen LogP contribution in [0.15, 0.2) is 24.3 Å². The molecular weight excluding hydrogens is 266 g/mol. The molecular formula is C16H27N3O2+2. The molecule has 2 rings (SSSR count). The van der Waals surface area contributed by atoms with Gasteiger partial charge in [0.25, 0.3) is 5.91 Å². The smallest absolute Gasteiger partial charge is 0.279 e. The molecule has 0 unspecified atom stereocenters. The summed E-state index contributed by atoms with van der Waals surface area (Å²) in [7, 11) is 1.63. The van der Waals surface area contributed by atoms with Crippen molar-refractivity contribution in [1.29, 1.82) is 0 Å². The quantitative estimate of drug-likeness (QED) is 0.619. The maximum Gasteiger partial charge on any atom is 0.279 e. The number of methoxy groups -OCH3 is 1. The molecule has 21 heavy (non-hydrogen) atoms. The minimum Gasteiger partial charge on any atom is -0.497 e. The van der Waals surface area contributed by atoms with Crippen molar-refractivity contribution in [2.24, 2.45) is 0 Å². The molecule has 1 amide bonds. The van der Waals surface area contributed by atoms with E-state index in [0.29, 0.717) is 6.54 Å². The van der Waals surface area contributed by atoms with Crippen LogP contribution >= 0.6 is 0 Å². The van der Waals surface area contributed by atoms with E-state index in [0.717, 1.165) is 24.5 Å². The fourth-order valence-electron chi connectivity index (χ4n) is 2.87. The second kappa shape index (κ2) is 8.00. The monoisotopic (exact) mass is 293 g/mol. The number of rotatable bonds is 6. The van der Waals surface area contributed by atoms with E-state index < -0.39 is 0 Å². The van der Waals surface area contributed by atoms with Gasteiger partial charge in [-0.3, -0.25) is 4.79 Å². The van der Waals surface area contributed by atoms with Crippen LogP contribution in [-0.4, -0.2) is 52.3 Å². The van der Waals surface area contributed by atoms with Gasteiger partial charge in [-0.15, -0.1) is 0 Å². The number of anilines is 1. The number of nitrogens with one attached hydrogen (secondary N) is 3. The van der Waals surface area contributed by atoms with Gasteiger partial charge < -0.3 is 19.9 Å². The summed E-state index contributed by atoms with van der Waals surface area (Å²) in [6, 6.07) is 7.49. The predicted molar refractivity (Wildman–Crippen MR) is 83.0 cm³/mol. The maximum atomic E-state index is 12.1. The molecule has 1 aromatic rings. The van der Waals surface area contributed by atoms with Crippen molar-refractivity contribution in [1.82, 2.24) is 0 Å². The molecule has 1 fully saturated rings. The van der Waals surface area contributed by atoms with Gasteiger partial charge in [0.15, 0.2) is 6.54 Å². The van der Waals surface area contributed by atoms with Crippen LogP contribution in [0.4, 0.5) is 5.69 Å². The Balaban J connectivity index is 1.77. The number of carbonyl (C=O) groups excluding carboxylic acids is 1. The second-order valence-electron chi connectivity index (χ2n) is 5.71. The van der Waals surface area contributed by atoms with Crippen LogP contribution in [-0.2, 0) is 4.79 Å². The molecule has 3 N–H and O–H groups in total. The van der Waals surface area contributed by atoms with Crippen LogP contribution in [0.25, 0.3) is 0 Å². The first kappa shape index (κ1) is 15.8. The first-order valence-corrected chi connectivity index (χ1v) is 7.82. The highest BCUT2D eigenvalue weighted by Crippen LogP contribution is 2.16. The Bertz CT molecular complexity index is 457. The Hall–Kier alpha value is -1.59. The summed E-state index contributed by atoms with van der Waals surface area (Å²) >= 11 is 0. The number of amides is 1. The van der Waals surface area contributed by atoms with E-state index in [1.807, 2.05) is 24.3 Å². The van der Waals surface area contributed by atoms with Crippen molar-refractivity contribution >= 4 is 11.6 Å². The van der Waals surface area contributed by atoms with E-state index >= 15 is 0 Å². The zero-order valence-electron chi connectivity index (χ0n) is 13.1. The zero-order valence-corrected chi connectivity index (χ0v) is 13.1. The highest BCUT2D eigenvalue weighted by atomic mass is 16.5. The Morgan fingerprint density at radius 1 is 1.24 bits per heavy atom. The van der Waals surface area contributed by atoms with Crippen LogP contribution in [0, 0.1) is 0 Å². The van der Waals surface area contributed by atoms with Crippen molar-refractivity contribution in [3.05, 3.63) is 24.3 Å². The Morgan fingerprint density at radius 2 is 1.95 bits per heavy atom. The van der Waals surface area contributed by atoms with Gasteiger partial charge in [0.2, 0.25) is 0 Å². The molecule has 0 atom stereocenters. The fraction of sp³-hybridized carbons (Fsp3) is 0.562. The number of hydrogen-bond acceptors (Lipinski definition) is 2. The number of benzene rings is 1. The third-order valence-electron chi connectivity index (χ3n) is 4.03. The highest BCUT2D eigenvalue weighted by molar-refractivity contribution is 5.91. The lowest BCUT2D eigenvalue weighted by atomic mass is 10.2. The summed E-state index contributed by atoms with van der Waals surface area (Å²) in [6.07, 6.45) is 1.24. The van der Waals surface area contributed by atoms with Crippen LogP contribution in [0.3, 0.4) is 0 Å². The lowest BCUT2D eigenvalue weighted by Gasteiger charge is -2.29. The van der Waals surface area contributed by atoms with E-state index in [2.05, 4.69) is 12.2 Å². The molecule has 1 heterocycles. The highest BCUT2D eigenvalue weighted by Gasteiger charge is 2.24. The van der Waals surface area contributed by atoms with E-state index in [1.165, 1.54) is 31.0 Å². The van der Waals surface area contributed by atoms with Gasteiger partial charge >= 0.3 is 0 Å². The number of carbonyl (C=O) groups is 1. The number of ether oxygens (including phenoxy) is 1. The van der Waals surface area contributed by atoms with Crippen molar-refractivity contribution in [2.75, 3.05) is 51.7 Å². The number of hydrogen-bond donors (Lipinski definition) is 3. The van der Waals surface area contributed by atoms with Crippen LogP contribution < -0.4 is 19.9 Å². The van der Waals surface area contributed by atoms with Crippen molar-refractivity contribution in [2.45, 2.75) is 13.3 Å². The minimum absolute atomic E-state index is 0.0807. The Labute approximate surface area is 126 Å². The summed E-state index contributed by atoms with van der Waals surface area (Å²) in [5.74, 6) is 0.842. The summed E-state index contributed by atoms with van der Waals surface area (Å²) in [6.45, 7) is 8.56. The third kappa shape index (κ3) is 5.02. The van der Waals surface area contributed by atoms with Crippen molar-refractivity contribution in [3.63, 3.8) is 0 Å². The lowest BCUT2D eigenvalue weighted by molar-refractivity contribution is -1.01. The SMILES string of the molecule is CCC[NH+]1CC[NH+](CC(=O)Nc2cccc(OC)c2)CC1. The summed E-state index contributed by atoms with van der Waals surface area (Å²) < 4.78 is 5.16. The average molecular weight is 293 g/mol. The van der Waals surface area contributed by atoms with Gasteiger partial charge in [-0.05, 0) is 18.6 Å². The van der Waals surface area contributed by atoms with Gasteiger partial charge in [0.05, 0.1) is 13.7 Å². The van der Waals surface area contributed by atoms with Gasteiger partial charge in [0, 0.05) is 11.8 Å². The zero-order chi connectivity index (χ0) is 15.1. The van der Waals surface area contributed by atoms with Gasteiger partial charge in [-0.2, -0.15) is 0 Å². The second-order valence-corrected chi connectivity index (χ2v) is 5.71. The molecule has 0 spiro atoms. The molecule has 0 aromatic heterocycles. The maximum absolute atomic E-state index is 12.1. The fourth-order valence-corrected chi connectivity index (χ4v) is 2.87. The third-order valence-corrected chi connectivity index (χ3v) is 4.03. The average Bonchev–Trinajstić information content (AvgIpc) is 2.49. The topological polar surface area (TPSA) is 47.2 Å². The Kier molecular flexibility index (Phi) is 6.02. The molecule has 5 nitrogen and oxygen atoms in total. The molecule has 0 aliphatic carbocycles. The van der Waals surface area contributed by atoms with Crippen molar-refractivity contribution < 1.29 is 19.3 Å². The van der Waals surface area contributed by atoms with Gasteiger partial charge in [0.1, 0.15) is 31.9 Å². The summed E-state index contributed by atoms with van der Waals surface area (Å²) in [5, 5.41) is 2.95. The molecule has 1 aliphatic heterocycles. The standard InChI is InChI=1S/C16H25N3O2/c1-3-7-18-8-10-19(11-9-18)13-16(20)17-14-5-4-6-15(12-14)21-2/h4-6,12H,3,7-11,13H2,1-2H3,(H,17,20)/p+2. The van der Waals surface area contributed by atoms with E-state index in [1.54, 1.807) is 12.0 Å². The normalized spacial score (nSPS) is 21.8. The van der Waals surface area contributed by atoms with Crippen molar-refractivity contribution in [3.8, 4) is 5.75 Å². The first-order chi connectivity index (χ1) is 10.2. The van der Waals surface area contributed by atoms with E-state index in [9.17, 15) is 4.79 Å². The van der Waals surface area contributed by atoms with Crippen LogP contribution in [0.2, 0.25) is 0 Å². The first-order valence-electron chi connectivity index (χ1n) is 7.82. The molecule has 0 radical (unpaired) electrons. The molecule has 1 saturated heterocycles. The molecule has 1 aliphatic rings.